The van der Waals surface area contributed by atoms with Gasteiger partial charge in [-0.3, -0.25) is 19.2 Å². The molecule has 0 spiro atoms. The average molecular weight is 273 g/mol. The number of anilines is 1. The second kappa shape index (κ2) is 5.56. The normalized spacial score (nSPS) is 10.3. The van der Waals surface area contributed by atoms with Crippen LogP contribution in [0.3, 0.4) is 0 Å². The maximum Gasteiger partial charge on any atom is 0.323 e. The first-order chi connectivity index (χ1) is 9.50. The van der Waals surface area contributed by atoms with E-state index in [1.807, 2.05) is 6.07 Å². The zero-order chi connectivity index (χ0) is 14.7. The standard InChI is InChI=1S/C14H15N3O3/c1-10-12(8-15-16(10)2)14(20)17(9-13(18)19)11-6-4-3-5-7-11/h3-8H,9H2,1-2H3,(H,18,19). The summed E-state index contributed by atoms with van der Waals surface area (Å²) in [6.07, 6.45) is 1.45. The van der Waals surface area contributed by atoms with Gasteiger partial charge in [-0.2, -0.15) is 5.10 Å². The topological polar surface area (TPSA) is 75.4 Å². The van der Waals surface area contributed by atoms with E-state index in [9.17, 15) is 9.59 Å². The molecule has 2 aromatic rings. The molecule has 0 aliphatic heterocycles. The molecule has 0 saturated heterocycles. The molecule has 0 aliphatic rings. The molecule has 2 rings (SSSR count). The monoisotopic (exact) mass is 273 g/mol. The molecule has 1 amide bonds. The number of carboxylic acids is 1. The van der Waals surface area contributed by atoms with E-state index in [1.54, 1.807) is 42.9 Å². The van der Waals surface area contributed by atoms with Crippen LogP contribution >= 0.6 is 0 Å². The summed E-state index contributed by atoms with van der Waals surface area (Å²) in [6, 6.07) is 8.72. The van der Waals surface area contributed by atoms with E-state index in [1.165, 1.54) is 11.1 Å². The number of rotatable bonds is 4. The second-order valence-electron chi connectivity index (χ2n) is 4.39. The minimum absolute atomic E-state index is 0.371. The maximum atomic E-state index is 12.5. The molecule has 20 heavy (non-hydrogen) atoms. The Morgan fingerprint density at radius 3 is 2.45 bits per heavy atom. The van der Waals surface area contributed by atoms with Gasteiger partial charge in [0, 0.05) is 18.4 Å². The number of aliphatic carboxylic acids is 1. The third-order valence-corrected chi connectivity index (χ3v) is 3.07. The average Bonchev–Trinajstić information content (AvgIpc) is 2.76. The highest BCUT2D eigenvalue weighted by atomic mass is 16.4. The molecular weight excluding hydrogens is 258 g/mol. The minimum atomic E-state index is -1.07. The molecule has 1 aromatic carbocycles. The lowest BCUT2D eigenvalue weighted by Gasteiger charge is -2.20. The third-order valence-electron chi connectivity index (χ3n) is 3.07. The van der Waals surface area contributed by atoms with Gasteiger partial charge in [0.25, 0.3) is 5.91 Å². The largest absolute Gasteiger partial charge is 0.480 e. The van der Waals surface area contributed by atoms with Gasteiger partial charge >= 0.3 is 5.97 Å². The molecule has 1 aromatic heterocycles. The van der Waals surface area contributed by atoms with Crippen molar-refractivity contribution in [2.75, 3.05) is 11.4 Å². The van der Waals surface area contributed by atoms with Gasteiger partial charge in [0.05, 0.1) is 11.8 Å². The lowest BCUT2D eigenvalue weighted by molar-refractivity contribution is -0.135. The molecule has 0 radical (unpaired) electrons. The lowest BCUT2D eigenvalue weighted by atomic mass is 10.2. The van der Waals surface area contributed by atoms with Crippen molar-refractivity contribution in [3.8, 4) is 0 Å². The summed E-state index contributed by atoms with van der Waals surface area (Å²) in [5.74, 6) is -1.44. The molecule has 0 saturated carbocycles. The molecule has 0 unspecified atom stereocenters. The maximum absolute atomic E-state index is 12.5. The Morgan fingerprint density at radius 1 is 1.30 bits per heavy atom. The number of para-hydroxylation sites is 1. The predicted molar refractivity (Wildman–Crippen MR) is 73.7 cm³/mol. The van der Waals surface area contributed by atoms with Crippen LogP contribution in [0.15, 0.2) is 36.5 Å². The van der Waals surface area contributed by atoms with Crippen LogP contribution in [0.25, 0.3) is 0 Å². The molecule has 6 heteroatoms. The Balaban J connectivity index is 2.39. The number of benzene rings is 1. The number of carbonyl (C=O) groups excluding carboxylic acids is 1. The van der Waals surface area contributed by atoms with Crippen molar-refractivity contribution < 1.29 is 14.7 Å². The summed E-state index contributed by atoms with van der Waals surface area (Å²) in [5, 5.41) is 13.0. The quantitative estimate of drug-likeness (QED) is 0.915. The van der Waals surface area contributed by atoms with Gasteiger partial charge in [0.15, 0.2) is 0 Å². The molecule has 0 aliphatic carbocycles. The van der Waals surface area contributed by atoms with Crippen LogP contribution in [0, 0.1) is 6.92 Å². The van der Waals surface area contributed by atoms with E-state index in [0.717, 1.165) is 0 Å². The molecule has 6 nitrogen and oxygen atoms in total. The Bertz CT molecular complexity index is 634. The summed E-state index contributed by atoms with van der Waals surface area (Å²) in [4.78, 5) is 24.7. The van der Waals surface area contributed by atoms with Crippen LogP contribution in [0.2, 0.25) is 0 Å². The number of carbonyl (C=O) groups is 2. The van der Waals surface area contributed by atoms with Crippen molar-refractivity contribution in [3.05, 3.63) is 47.8 Å². The Kier molecular flexibility index (Phi) is 3.84. The number of hydrogen-bond donors (Lipinski definition) is 1. The smallest absolute Gasteiger partial charge is 0.323 e. The molecule has 1 N–H and O–H groups in total. The van der Waals surface area contributed by atoms with Gasteiger partial charge in [-0.25, -0.2) is 0 Å². The van der Waals surface area contributed by atoms with Crippen LogP contribution in [0.4, 0.5) is 5.69 Å². The van der Waals surface area contributed by atoms with E-state index in [-0.39, 0.29) is 5.91 Å². The fourth-order valence-electron chi connectivity index (χ4n) is 1.88. The number of amides is 1. The second-order valence-corrected chi connectivity index (χ2v) is 4.39. The highest BCUT2D eigenvalue weighted by molar-refractivity contribution is 6.08. The van der Waals surface area contributed by atoms with Crippen molar-refractivity contribution in [1.29, 1.82) is 0 Å². The predicted octanol–water partition coefficient (Wildman–Crippen LogP) is 1.46. The van der Waals surface area contributed by atoms with Crippen molar-refractivity contribution in [2.45, 2.75) is 6.92 Å². The van der Waals surface area contributed by atoms with Crippen molar-refractivity contribution in [2.24, 2.45) is 7.05 Å². The highest BCUT2D eigenvalue weighted by Gasteiger charge is 2.23. The van der Waals surface area contributed by atoms with Gasteiger partial charge in [0.2, 0.25) is 0 Å². The van der Waals surface area contributed by atoms with E-state index < -0.39 is 12.5 Å². The SMILES string of the molecule is Cc1c(C(=O)N(CC(=O)O)c2ccccc2)cnn1C. The van der Waals surface area contributed by atoms with Crippen molar-refractivity contribution in [1.82, 2.24) is 9.78 Å². The van der Waals surface area contributed by atoms with Gasteiger partial charge < -0.3 is 5.11 Å². The molecular formula is C14H15N3O3. The molecule has 1 heterocycles. The first-order valence-corrected chi connectivity index (χ1v) is 6.08. The van der Waals surface area contributed by atoms with Crippen LogP contribution < -0.4 is 4.90 Å². The van der Waals surface area contributed by atoms with Crippen molar-refractivity contribution in [3.63, 3.8) is 0 Å². The molecule has 0 fully saturated rings. The molecule has 0 bridgehead atoms. The molecule has 0 atom stereocenters. The van der Waals surface area contributed by atoms with E-state index in [4.69, 9.17) is 5.11 Å². The van der Waals surface area contributed by atoms with Crippen LogP contribution in [-0.2, 0) is 11.8 Å². The van der Waals surface area contributed by atoms with Crippen LogP contribution in [0.5, 0.6) is 0 Å². The summed E-state index contributed by atoms with van der Waals surface area (Å²) in [5.41, 5.74) is 1.64. The zero-order valence-electron chi connectivity index (χ0n) is 11.3. The number of aromatic nitrogens is 2. The van der Waals surface area contributed by atoms with Crippen molar-refractivity contribution >= 4 is 17.6 Å². The summed E-state index contributed by atoms with van der Waals surface area (Å²) in [6.45, 7) is 1.38. The van der Waals surface area contributed by atoms with E-state index >= 15 is 0 Å². The summed E-state index contributed by atoms with van der Waals surface area (Å²) in [7, 11) is 1.73. The first-order valence-electron chi connectivity index (χ1n) is 6.08. The third kappa shape index (κ3) is 2.69. The fourth-order valence-corrected chi connectivity index (χ4v) is 1.88. The van der Waals surface area contributed by atoms with E-state index in [0.29, 0.717) is 16.9 Å². The van der Waals surface area contributed by atoms with Gasteiger partial charge in [-0.05, 0) is 19.1 Å². The fraction of sp³-hybridized carbons (Fsp3) is 0.214. The Hall–Kier alpha value is -2.63. The lowest BCUT2D eigenvalue weighted by Crippen LogP contribution is -2.36. The van der Waals surface area contributed by atoms with E-state index in [2.05, 4.69) is 5.10 Å². The number of hydrogen-bond acceptors (Lipinski definition) is 3. The van der Waals surface area contributed by atoms with Gasteiger partial charge in [-0.1, -0.05) is 18.2 Å². The van der Waals surface area contributed by atoms with Gasteiger partial charge in [0.1, 0.15) is 6.54 Å². The minimum Gasteiger partial charge on any atom is -0.480 e. The Labute approximate surface area is 116 Å². The Morgan fingerprint density at radius 2 is 1.95 bits per heavy atom. The zero-order valence-corrected chi connectivity index (χ0v) is 11.3. The summed E-state index contributed by atoms with van der Waals surface area (Å²) < 4.78 is 1.58. The first kappa shape index (κ1) is 13.8. The summed E-state index contributed by atoms with van der Waals surface area (Å²) >= 11 is 0. The van der Waals surface area contributed by atoms with Gasteiger partial charge in [-0.15, -0.1) is 0 Å². The highest BCUT2D eigenvalue weighted by Crippen LogP contribution is 2.18. The molecule has 104 valence electrons. The van der Waals surface area contributed by atoms with Crippen LogP contribution in [0.1, 0.15) is 16.1 Å². The number of carboxylic acid groups (broad SMARTS) is 1. The number of aryl methyl sites for hydroxylation is 1. The van der Waals surface area contributed by atoms with Crippen LogP contribution in [-0.4, -0.2) is 33.3 Å². The number of nitrogens with zero attached hydrogens (tertiary/aromatic N) is 3.